The number of aryl methyl sites for hydroxylation is 1. The van der Waals surface area contributed by atoms with Crippen molar-refractivity contribution >= 4 is 12.0 Å². The van der Waals surface area contributed by atoms with E-state index < -0.39 is 5.97 Å². The summed E-state index contributed by atoms with van der Waals surface area (Å²) >= 11 is 0. The van der Waals surface area contributed by atoms with Gasteiger partial charge in [0.2, 0.25) is 0 Å². The van der Waals surface area contributed by atoms with Crippen LogP contribution in [-0.4, -0.2) is 47.0 Å². The van der Waals surface area contributed by atoms with Crippen molar-refractivity contribution in [1.29, 1.82) is 0 Å². The number of aliphatic carboxylic acids is 1. The number of carboxylic acid groups (broad SMARTS) is 1. The van der Waals surface area contributed by atoms with Crippen molar-refractivity contribution in [1.82, 2.24) is 9.80 Å². The number of benzene rings is 1. The molecule has 1 aromatic rings. The minimum atomic E-state index is -0.796. The van der Waals surface area contributed by atoms with E-state index in [2.05, 4.69) is 0 Å². The van der Waals surface area contributed by atoms with E-state index in [1.54, 1.807) is 16.8 Å². The Morgan fingerprint density at radius 2 is 2.00 bits per heavy atom. The van der Waals surface area contributed by atoms with Crippen LogP contribution in [0.1, 0.15) is 17.5 Å². The largest absolute Gasteiger partial charge is 0.481 e. The van der Waals surface area contributed by atoms with Crippen molar-refractivity contribution in [3.05, 3.63) is 35.4 Å². The molecule has 1 saturated heterocycles. The fraction of sp³-hybridized carbons (Fsp3) is 0.467. The van der Waals surface area contributed by atoms with Crippen molar-refractivity contribution in [2.45, 2.75) is 19.9 Å². The van der Waals surface area contributed by atoms with Gasteiger partial charge >= 0.3 is 12.0 Å². The van der Waals surface area contributed by atoms with E-state index in [1.165, 1.54) is 5.56 Å². The molecule has 5 heteroatoms. The van der Waals surface area contributed by atoms with E-state index in [-0.39, 0.29) is 18.4 Å². The van der Waals surface area contributed by atoms with Gasteiger partial charge < -0.3 is 14.9 Å². The topological polar surface area (TPSA) is 60.9 Å². The number of hydrogen-bond donors (Lipinski definition) is 1. The lowest BCUT2D eigenvalue weighted by atomic mass is 9.97. The molecule has 0 spiro atoms. The average Bonchev–Trinajstić information content (AvgIpc) is 2.35. The van der Waals surface area contributed by atoms with Gasteiger partial charge in [-0.1, -0.05) is 24.3 Å². The predicted octanol–water partition coefficient (Wildman–Crippen LogP) is 1.95. The second-order valence-electron chi connectivity index (χ2n) is 5.43. The Bertz CT molecular complexity index is 510. The quantitative estimate of drug-likeness (QED) is 0.914. The molecule has 1 fully saturated rings. The third-order valence-electron chi connectivity index (χ3n) is 3.69. The number of likely N-dealkylation sites (tertiary alicyclic amines) is 1. The summed E-state index contributed by atoms with van der Waals surface area (Å²) in [6.45, 7) is 3.69. The minimum Gasteiger partial charge on any atom is -0.481 e. The molecule has 1 heterocycles. The smallest absolute Gasteiger partial charge is 0.320 e. The normalized spacial score (nSPS) is 14.8. The van der Waals surface area contributed by atoms with E-state index in [9.17, 15) is 9.59 Å². The Morgan fingerprint density at radius 3 is 2.60 bits per heavy atom. The maximum Gasteiger partial charge on any atom is 0.320 e. The summed E-state index contributed by atoms with van der Waals surface area (Å²) in [4.78, 5) is 26.1. The highest BCUT2D eigenvalue weighted by molar-refractivity contribution is 5.75. The summed E-state index contributed by atoms with van der Waals surface area (Å²) in [7, 11) is 1.78. The number of carboxylic acids is 1. The summed E-state index contributed by atoms with van der Waals surface area (Å²) < 4.78 is 0. The monoisotopic (exact) mass is 276 g/mol. The van der Waals surface area contributed by atoms with Crippen LogP contribution >= 0.6 is 0 Å². The molecule has 20 heavy (non-hydrogen) atoms. The summed E-state index contributed by atoms with van der Waals surface area (Å²) in [6.07, 6.45) is 0.144. The van der Waals surface area contributed by atoms with Crippen LogP contribution in [0.5, 0.6) is 0 Å². The van der Waals surface area contributed by atoms with Crippen molar-refractivity contribution < 1.29 is 14.7 Å². The number of nitrogens with zero attached hydrogens (tertiary/aromatic N) is 2. The Hall–Kier alpha value is -2.04. The van der Waals surface area contributed by atoms with E-state index in [0.29, 0.717) is 19.6 Å². The first-order valence-corrected chi connectivity index (χ1v) is 6.73. The highest BCUT2D eigenvalue weighted by Crippen LogP contribution is 2.21. The Morgan fingerprint density at radius 1 is 1.35 bits per heavy atom. The van der Waals surface area contributed by atoms with Gasteiger partial charge in [-0.15, -0.1) is 0 Å². The molecule has 0 bridgehead atoms. The first kappa shape index (κ1) is 14.4. The van der Waals surface area contributed by atoms with Gasteiger partial charge in [0.1, 0.15) is 0 Å². The standard InChI is InChI=1S/C15H20N2O3/c1-11-5-3-4-6-13(11)10-16(2)15(20)17-8-12(9-17)7-14(18)19/h3-6,12H,7-10H2,1-2H3,(H,18,19). The third kappa shape index (κ3) is 3.29. The van der Waals surface area contributed by atoms with Gasteiger partial charge in [0, 0.05) is 32.6 Å². The van der Waals surface area contributed by atoms with E-state index in [1.807, 2.05) is 31.2 Å². The molecule has 5 nitrogen and oxygen atoms in total. The van der Waals surface area contributed by atoms with Gasteiger partial charge in [0.25, 0.3) is 0 Å². The van der Waals surface area contributed by atoms with Gasteiger partial charge in [0.15, 0.2) is 0 Å². The molecular weight excluding hydrogens is 256 g/mol. The molecule has 108 valence electrons. The molecule has 1 aromatic carbocycles. The third-order valence-corrected chi connectivity index (χ3v) is 3.69. The van der Waals surface area contributed by atoms with Gasteiger partial charge in [-0.2, -0.15) is 0 Å². The van der Waals surface area contributed by atoms with Crippen LogP contribution in [0.2, 0.25) is 0 Å². The fourth-order valence-corrected chi connectivity index (χ4v) is 2.45. The zero-order valence-corrected chi connectivity index (χ0v) is 11.9. The average molecular weight is 276 g/mol. The van der Waals surface area contributed by atoms with Gasteiger partial charge in [-0.3, -0.25) is 4.79 Å². The number of rotatable bonds is 4. The summed E-state index contributed by atoms with van der Waals surface area (Å²) in [6, 6.07) is 7.96. The number of carbonyl (C=O) groups is 2. The molecule has 0 radical (unpaired) electrons. The fourth-order valence-electron chi connectivity index (χ4n) is 2.45. The number of carbonyl (C=O) groups excluding carboxylic acids is 1. The predicted molar refractivity (Wildman–Crippen MR) is 75.4 cm³/mol. The SMILES string of the molecule is Cc1ccccc1CN(C)C(=O)N1CC(CC(=O)O)C1. The van der Waals surface area contributed by atoms with Crippen molar-refractivity contribution in [3.63, 3.8) is 0 Å². The second kappa shape index (κ2) is 5.94. The van der Waals surface area contributed by atoms with Crippen LogP contribution in [0.4, 0.5) is 4.79 Å². The van der Waals surface area contributed by atoms with Gasteiger partial charge in [-0.25, -0.2) is 4.79 Å². The molecule has 1 aliphatic rings. The second-order valence-corrected chi connectivity index (χ2v) is 5.43. The summed E-state index contributed by atoms with van der Waals surface area (Å²) in [5, 5.41) is 8.69. The molecule has 0 atom stereocenters. The molecule has 0 aromatic heterocycles. The maximum atomic E-state index is 12.2. The maximum absolute atomic E-state index is 12.2. The summed E-state index contributed by atoms with van der Waals surface area (Å²) in [5.74, 6) is -0.696. The van der Waals surface area contributed by atoms with Crippen LogP contribution in [0.3, 0.4) is 0 Å². The van der Waals surface area contributed by atoms with Crippen molar-refractivity contribution in [2.24, 2.45) is 5.92 Å². The van der Waals surface area contributed by atoms with E-state index in [0.717, 1.165) is 5.56 Å². The molecule has 0 unspecified atom stereocenters. The first-order chi connectivity index (χ1) is 9.47. The molecule has 2 amide bonds. The zero-order valence-electron chi connectivity index (χ0n) is 11.9. The molecule has 0 saturated carbocycles. The molecular formula is C15H20N2O3. The van der Waals surface area contributed by atoms with E-state index >= 15 is 0 Å². The van der Waals surface area contributed by atoms with Crippen molar-refractivity contribution in [2.75, 3.05) is 20.1 Å². The van der Waals surface area contributed by atoms with Gasteiger partial charge in [0.05, 0.1) is 6.42 Å². The lowest BCUT2D eigenvalue weighted by Gasteiger charge is -2.40. The molecule has 1 N–H and O–H groups in total. The Labute approximate surface area is 118 Å². The number of amides is 2. The van der Waals surface area contributed by atoms with Crippen LogP contribution in [0.25, 0.3) is 0 Å². The minimum absolute atomic E-state index is 0.0325. The van der Waals surface area contributed by atoms with Crippen molar-refractivity contribution in [3.8, 4) is 0 Å². The lowest BCUT2D eigenvalue weighted by Crippen LogP contribution is -2.54. The number of urea groups is 1. The van der Waals surface area contributed by atoms with Crippen LogP contribution < -0.4 is 0 Å². The highest BCUT2D eigenvalue weighted by atomic mass is 16.4. The van der Waals surface area contributed by atoms with Crippen LogP contribution in [0, 0.1) is 12.8 Å². The Kier molecular flexibility index (Phi) is 4.27. The summed E-state index contributed by atoms with van der Waals surface area (Å²) in [5.41, 5.74) is 2.30. The number of hydrogen-bond acceptors (Lipinski definition) is 2. The lowest BCUT2D eigenvalue weighted by molar-refractivity contribution is -0.139. The van der Waals surface area contributed by atoms with Gasteiger partial charge in [-0.05, 0) is 18.1 Å². The molecule has 0 aliphatic carbocycles. The Balaban J connectivity index is 1.85. The molecule has 1 aliphatic heterocycles. The van der Waals surface area contributed by atoms with Crippen LogP contribution in [0.15, 0.2) is 24.3 Å². The van der Waals surface area contributed by atoms with Crippen LogP contribution in [-0.2, 0) is 11.3 Å². The zero-order chi connectivity index (χ0) is 14.7. The molecule has 2 rings (SSSR count). The first-order valence-electron chi connectivity index (χ1n) is 6.73. The van der Waals surface area contributed by atoms with E-state index in [4.69, 9.17) is 5.11 Å². The highest BCUT2D eigenvalue weighted by Gasteiger charge is 2.33.